The van der Waals surface area contributed by atoms with E-state index in [2.05, 4.69) is 21.4 Å². The number of nitrogens with two attached hydrogens (primary N) is 1. The van der Waals surface area contributed by atoms with Gasteiger partial charge in [-0.15, -0.1) is 0 Å². The molecule has 0 radical (unpaired) electrons. The highest BCUT2D eigenvalue weighted by Crippen LogP contribution is 2.40. The molecule has 0 bridgehead atoms. The van der Waals surface area contributed by atoms with Crippen LogP contribution in [-0.4, -0.2) is 0 Å². The van der Waals surface area contributed by atoms with Gasteiger partial charge in [0.1, 0.15) is 0 Å². The molecule has 2 rings (SSSR count). The summed E-state index contributed by atoms with van der Waals surface area (Å²) in [6.45, 7) is 0. The van der Waals surface area contributed by atoms with E-state index in [0.717, 1.165) is 19.3 Å². The zero-order valence-electron chi connectivity index (χ0n) is 9.60. The maximum Gasteiger partial charge on any atom is 0.417 e. The maximum atomic E-state index is 12.8. The van der Waals surface area contributed by atoms with E-state index in [1.54, 1.807) is 6.07 Å². The number of halogens is 4. The Bertz CT molecular complexity index is 430. The minimum atomic E-state index is -4.35. The van der Waals surface area contributed by atoms with Gasteiger partial charge in [-0.1, -0.05) is 28.4 Å². The lowest BCUT2D eigenvalue weighted by Crippen LogP contribution is -2.36. The minimum absolute atomic E-state index is 0.0585. The summed E-state index contributed by atoms with van der Waals surface area (Å²) < 4.78 is 38.5. The first kappa shape index (κ1) is 13.8. The van der Waals surface area contributed by atoms with E-state index in [4.69, 9.17) is 5.84 Å². The second-order valence-electron chi connectivity index (χ2n) is 4.57. The first-order chi connectivity index (χ1) is 8.43. The minimum Gasteiger partial charge on any atom is -0.271 e. The van der Waals surface area contributed by atoms with Crippen LogP contribution in [0.25, 0.3) is 0 Å². The fourth-order valence-electron chi connectivity index (χ4n) is 2.23. The molecule has 0 spiro atoms. The molecular weight excluding hydrogens is 309 g/mol. The summed E-state index contributed by atoms with van der Waals surface area (Å²) in [5, 5.41) is 0. The molecule has 1 aromatic carbocycles. The Labute approximate surface area is 112 Å². The lowest BCUT2D eigenvalue weighted by molar-refractivity contribution is -0.138. The second kappa shape index (κ2) is 5.19. The normalized spacial score (nSPS) is 18.5. The molecule has 100 valence electrons. The average Bonchev–Trinajstić information content (AvgIpc) is 2.22. The Morgan fingerprint density at radius 3 is 2.44 bits per heavy atom. The largest absolute Gasteiger partial charge is 0.417 e. The lowest BCUT2D eigenvalue weighted by Gasteiger charge is -2.33. The fourth-order valence-corrected chi connectivity index (χ4v) is 2.70. The van der Waals surface area contributed by atoms with Gasteiger partial charge in [0.25, 0.3) is 0 Å². The first-order valence-electron chi connectivity index (χ1n) is 5.76. The van der Waals surface area contributed by atoms with Crippen LogP contribution in [0.2, 0.25) is 0 Å². The van der Waals surface area contributed by atoms with E-state index in [9.17, 15) is 13.2 Å². The number of hydrogen-bond acceptors (Lipinski definition) is 2. The van der Waals surface area contributed by atoms with Gasteiger partial charge < -0.3 is 0 Å². The van der Waals surface area contributed by atoms with Crippen molar-refractivity contribution >= 4 is 15.9 Å². The van der Waals surface area contributed by atoms with Gasteiger partial charge in [-0.2, -0.15) is 13.2 Å². The third kappa shape index (κ3) is 2.70. The Balaban J connectivity index is 2.33. The van der Waals surface area contributed by atoms with Crippen LogP contribution in [0, 0.1) is 5.92 Å². The highest BCUT2D eigenvalue weighted by atomic mass is 79.9. The Kier molecular flexibility index (Phi) is 3.99. The molecule has 1 unspecified atom stereocenters. The molecule has 2 nitrogen and oxygen atoms in total. The molecular formula is C12H14BrF3N2. The summed E-state index contributed by atoms with van der Waals surface area (Å²) in [5.74, 6) is 5.80. The molecule has 1 aliphatic carbocycles. The van der Waals surface area contributed by atoms with Gasteiger partial charge in [0.15, 0.2) is 0 Å². The maximum absolute atomic E-state index is 12.8. The quantitative estimate of drug-likeness (QED) is 0.656. The van der Waals surface area contributed by atoms with E-state index in [1.807, 2.05) is 0 Å². The van der Waals surface area contributed by atoms with E-state index in [1.165, 1.54) is 12.1 Å². The zero-order chi connectivity index (χ0) is 13.3. The summed E-state index contributed by atoms with van der Waals surface area (Å²) in [6.07, 6.45) is -1.22. The molecule has 1 fully saturated rings. The van der Waals surface area contributed by atoms with Crippen molar-refractivity contribution in [2.24, 2.45) is 11.8 Å². The van der Waals surface area contributed by atoms with E-state index < -0.39 is 11.7 Å². The Morgan fingerprint density at radius 2 is 2.00 bits per heavy atom. The number of rotatable bonds is 3. The molecule has 1 aromatic rings. The van der Waals surface area contributed by atoms with Crippen LogP contribution in [0.1, 0.15) is 36.4 Å². The molecule has 0 aliphatic heterocycles. The Hall–Kier alpha value is -0.590. The smallest absolute Gasteiger partial charge is 0.271 e. The van der Waals surface area contributed by atoms with Gasteiger partial charge in [0.2, 0.25) is 0 Å². The van der Waals surface area contributed by atoms with Crippen LogP contribution >= 0.6 is 15.9 Å². The van der Waals surface area contributed by atoms with Crippen molar-refractivity contribution in [3.05, 3.63) is 33.8 Å². The molecule has 18 heavy (non-hydrogen) atoms. The summed E-state index contributed by atoms with van der Waals surface area (Å²) in [6, 6.07) is 4.09. The number of nitrogens with one attached hydrogen (secondary N) is 1. The third-order valence-corrected chi connectivity index (χ3v) is 4.15. The van der Waals surface area contributed by atoms with Gasteiger partial charge in [-0.3, -0.25) is 11.3 Å². The second-order valence-corrected chi connectivity index (χ2v) is 5.43. The fraction of sp³-hybridized carbons (Fsp3) is 0.500. The molecule has 3 N–H and O–H groups in total. The predicted octanol–water partition coefficient (Wildman–Crippen LogP) is 3.77. The van der Waals surface area contributed by atoms with E-state index >= 15 is 0 Å². The summed E-state index contributed by atoms with van der Waals surface area (Å²) in [4.78, 5) is 0. The SMILES string of the molecule is NNC(c1ccc(Br)c(C(F)(F)F)c1)C1CCC1. The van der Waals surface area contributed by atoms with Crippen LogP contribution < -0.4 is 11.3 Å². The summed E-state index contributed by atoms with van der Waals surface area (Å²) >= 11 is 2.93. The van der Waals surface area contributed by atoms with Gasteiger partial charge in [0.05, 0.1) is 5.56 Å². The van der Waals surface area contributed by atoms with Crippen LogP contribution in [0.15, 0.2) is 22.7 Å². The molecule has 6 heteroatoms. The van der Waals surface area contributed by atoms with Crippen LogP contribution in [-0.2, 0) is 6.18 Å². The molecule has 0 amide bonds. The number of benzene rings is 1. The van der Waals surface area contributed by atoms with Crippen molar-refractivity contribution in [2.45, 2.75) is 31.5 Å². The van der Waals surface area contributed by atoms with Crippen LogP contribution in [0.3, 0.4) is 0 Å². The number of hydrazine groups is 1. The van der Waals surface area contributed by atoms with Crippen molar-refractivity contribution in [1.82, 2.24) is 5.43 Å². The van der Waals surface area contributed by atoms with Crippen molar-refractivity contribution in [1.29, 1.82) is 0 Å². The van der Waals surface area contributed by atoms with Gasteiger partial charge >= 0.3 is 6.18 Å². The molecule has 0 saturated heterocycles. The third-order valence-electron chi connectivity index (χ3n) is 3.46. The first-order valence-corrected chi connectivity index (χ1v) is 6.55. The zero-order valence-corrected chi connectivity index (χ0v) is 11.2. The van der Waals surface area contributed by atoms with E-state index in [0.29, 0.717) is 11.5 Å². The standard InChI is InChI=1S/C12H14BrF3N2/c13-10-5-4-8(6-9(10)12(14,15)16)11(18-17)7-2-1-3-7/h4-7,11,18H,1-3,17H2. The highest BCUT2D eigenvalue weighted by molar-refractivity contribution is 9.10. The van der Waals surface area contributed by atoms with Crippen LogP contribution in [0.5, 0.6) is 0 Å². The van der Waals surface area contributed by atoms with Gasteiger partial charge in [-0.05, 0) is 36.5 Å². The summed E-state index contributed by atoms with van der Waals surface area (Å²) in [5.41, 5.74) is 2.58. The molecule has 1 aliphatic rings. The Morgan fingerprint density at radius 1 is 1.33 bits per heavy atom. The number of hydrogen-bond donors (Lipinski definition) is 2. The van der Waals surface area contributed by atoms with Crippen molar-refractivity contribution in [3.63, 3.8) is 0 Å². The molecule has 0 heterocycles. The molecule has 1 saturated carbocycles. The molecule has 0 aromatic heterocycles. The monoisotopic (exact) mass is 322 g/mol. The van der Waals surface area contributed by atoms with Crippen molar-refractivity contribution < 1.29 is 13.2 Å². The lowest BCUT2D eigenvalue weighted by atomic mass is 9.77. The van der Waals surface area contributed by atoms with E-state index in [-0.39, 0.29) is 10.5 Å². The van der Waals surface area contributed by atoms with Gasteiger partial charge in [0, 0.05) is 10.5 Å². The van der Waals surface area contributed by atoms with Crippen molar-refractivity contribution in [2.75, 3.05) is 0 Å². The molecule has 1 atom stereocenters. The number of alkyl halides is 3. The summed E-state index contributed by atoms with van der Waals surface area (Å²) in [7, 11) is 0. The topological polar surface area (TPSA) is 38.0 Å². The van der Waals surface area contributed by atoms with Crippen molar-refractivity contribution in [3.8, 4) is 0 Å². The van der Waals surface area contributed by atoms with Gasteiger partial charge in [-0.25, -0.2) is 0 Å². The highest BCUT2D eigenvalue weighted by Gasteiger charge is 2.35. The predicted molar refractivity (Wildman–Crippen MR) is 66.5 cm³/mol. The average molecular weight is 323 g/mol. The van der Waals surface area contributed by atoms with Crippen LogP contribution in [0.4, 0.5) is 13.2 Å².